The van der Waals surface area contributed by atoms with Crippen LogP contribution >= 0.6 is 0 Å². The Hall–Kier alpha value is -3.54. The van der Waals surface area contributed by atoms with Gasteiger partial charge in [0.1, 0.15) is 11.5 Å². The number of benzene rings is 3. The first-order valence-electron chi connectivity index (χ1n) is 10.1. The second-order valence-corrected chi connectivity index (χ2v) is 7.30. The van der Waals surface area contributed by atoms with Crippen LogP contribution in [0.4, 0.5) is 0 Å². The molecule has 6 nitrogen and oxygen atoms in total. The molecular formula is C25H27NO5. The Labute approximate surface area is 182 Å². The molecule has 6 heteroatoms. The van der Waals surface area contributed by atoms with E-state index in [2.05, 4.69) is 5.32 Å². The van der Waals surface area contributed by atoms with E-state index in [1.165, 1.54) is 0 Å². The maximum Gasteiger partial charge on any atom is 0.313 e. The molecule has 0 aromatic heterocycles. The summed E-state index contributed by atoms with van der Waals surface area (Å²) in [7, 11) is 3.21. The average Bonchev–Trinajstić information content (AvgIpc) is 2.81. The van der Waals surface area contributed by atoms with Gasteiger partial charge in [0.15, 0.2) is 6.10 Å². The van der Waals surface area contributed by atoms with Gasteiger partial charge in [0.2, 0.25) is 0 Å². The van der Waals surface area contributed by atoms with E-state index in [1.807, 2.05) is 60.7 Å². The van der Waals surface area contributed by atoms with Gasteiger partial charge in [0.05, 0.1) is 20.1 Å². The van der Waals surface area contributed by atoms with Crippen LogP contribution in [0, 0.1) is 0 Å². The third-order valence-electron chi connectivity index (χ3n) is 5.23. The van der Waals surface area contributed by atoms with Gasteiger partial charge >= 0.3 is 5.97 Å². The molecule has 0 saturated heterocycles. The van der Waals surface area contributed by atoms with Crippen molar-refractivity contribution in [1.82, 2.24) is 5.32 Å². The first-order chi connectivity index (χ1) is 14.9. The van der Waals surface area contributed by atoms with Gasteiger partial charge < -0.3 is 19.5 Å². The third-order valence-corrected chi connectivity index (χ3v) is 5.23. The Morgan fingerprint density at radius 2 is 1.61 bits per heavy atom. The molecule has 2 atom stereocenters. The highest BCUT2D eigenvalue weighted by Gasteiger charge is 2.23. The lowest BCUT2D eigenvalue weighted by Gasteiger charge is -2.18. The summed E-state index contributed by atoms with van der Waals surface area (Å²) in [6, 6.07) is 19.0. The maximum absolute atomic E-state index is 12.6. The molecule has 0 heterocycles. The smallest absolute Gasteiger partial charge is 0.313 e. The van der Waals surface area contributed by atoms with Gasteiger partial charge in [0, 0.05) is 12.1 Å². The summed E-state index contributed by atoms with van der Waals surface area (Å²) in [6.45, 7) is 3.62. The van der Waals surface area contributed by atoms with Gasteiger partial charge in [-0.15, -0.1) is 0 Å². The minimum atomic E-state index is -0.908. The second kappa shape index (κ2) is 9.98. The maximum atomic E-state index is 12.6. The van der Waals surface area contributed by atoms with Gasteiger partial charge in [-0.25, -0.2) is 0 Å². The summed E-state index contributed by atoms with van der Waals surface area (Å²) in [6.07, 6.45) is -0.908. The average molecular weight is 421 g/mol. The van der Waals surface area contributed by atoms with E-state index in [4.69, 9.17) is 14.2 Å². The van der Waals surface area contributed by atoms with E-state index in [1.54, 1.807) is 28.1 Å². The van der Waals surface area contributed by atoms with E-state index in [0.29, 0.717) is 5.75 Å². The Morgan fingerprint density at radius 1 is 0.903 bits per heavy atom. The van der Waals surface area contributed by atoms with Gasteiger partial charge in [-0.05, 0) is 48.4 Å². The molecule has 1 amide bonds. The molecule has 0 saturated carbocycles. The SMILES string of the molecule is COc1ccc2cc([C@H](C)C(=O)O[C@@H](C)C(=O)NCc3ccccc3OC)ccc2c1. The molecule has 0 aliphatic heterocycles. The van der Waals surface area contributed by atoms with E-state index in [-0.39, 0.29) is 12.5 Å². The zero-order valence-electron chi connectivity index (χ0n) is 18.2. The van der Waals surface area contributed by atoms with E-state index < -0.39 is 18.0 Å². The van der Waals surface area contributed by atoms with E-state index >= 15 is 0 Å². The summed E-state index contributed by atoms with van der Waals surface area (Å²) in [5.41, 5.74) is 1.67. The lowest BCUT2D eigenvalue weighted by molar-refractivity contribution is -0.156. The highest BCUT2D eigenvalue weighted by molar-refractivity contribution is 5.88. The van der Waals surface area contributed by atoms with Crippen molar-refractivity contribution in [1.29, 1.82) is 0 Å². The number of methoxy groups -OCH3 is 2. The summed E-state index contributed by atoms with van der Waals surface area (Å²) in [5.74, 6) is 0.150. The zero-order valence-corrected chi connectivity index (χ0v) is 18.2. The number of nitrogens with one attached hydrogen (secondary N) is 1. The summed E-state index contributed by atoms with van der Waals surface area (Å²) in [5, 5.41) is 4.81. The number of ether oxygens (including phenoxy) is 3. The highest BCUT2D eigenvalue weighted by Crippen LogP contribution is 2.26. The van der Waals surface area contributed by atoms with Gasteiger partial charge in [-0.2, -0.15) is 0 Å². The Balaban J connectivity index is 1.60. The fourth-order valence-corrected chi connectivity index (χ4v) is 3.28. The number of para-hydroxylation sites is 1. The van der Waals surface area contributed by atoms with Crippen molar-refractivity contribution < 1.29 is 23.8 Å². The van der Waals surface area contributed by atoms with Crippen LogP contribution in [0.15, 0.2) is 60.7 Å². The minimum Gasteiger partial charge on any atom is -0.497 e. The number of esters is 1. The number of hydrogen-bond donors (Lipinski definition) is 1. The lowest BCUT2D eigenvalue weighted by atomic mass is 9.98. The molecule has 0 spiro atoms. The molecule has 31 heavy (non-hydrogen) atoms. The molecular weight excluding hydrogens is 394 g/mol. The Kier molecular flexibility index (Phi) is 7.13. The summed E-state index contributed by atoms with van der Waals surface area (Å²) in [4.78, 5) is 25.0. The van der Waals surface area contributed by atoms with Gasteiger partial charge in [-0.1, -0.05) is 42.5 Å². The molecule has 3 aromatic rings. The summed E-state index contributed by atoms with van der Waals surface area (Å²) < 4.78 is 15.9. The fourth-order valence-electron chi connectivity index (χ4n) is 3.28. The topological polar surface area (TPSA) is 73.9 Å². The Morgan fingerprint density at radius 3 is 2.35 bits per heavy atom. The zero-order chi connectivity index (χ0) is 22.4. The first kappa shape index (κ1) is 22.2. The van der Waals surface area contributed by atoms with Crippen molar-refractivity contribution in [2.45, 2.75) is 32.4 Å². The second-order valence-electron chi connectivity index (χ2n) is 7.30. The van der Waals surface area contributed by atoms with E-state index in [0.717, 1.165) is 27.6 Å². The normalized spacial score (nSPS) is 12.6. The van der Waals surface area contributed by atoms with Crippen LogP contribution in [0.2, 0.25) is 0 Å². The van der Waals surface area contributed by atoms with Crippen molar-refractivity contribution in [3.63, 3.8) is 0 Å². The standard InChI is InChI=1S/C25H27NO5/c1-16(18-9-10-20-14-22(29-3)12-11-19(20)13-18)25(28)31-17(2)24(27)26-15-21-7-5-6-8-23(21)30-4/h5-14,16-17H,15H2,1-4H3,(H,26,27)/t16-,17-/m0/s1. The highest BCUT2D eigenvalue weighted by atomic mass is 16.5. The third kappa shape index (κ3) is 5.34. The first-order valence-corrected chi connectivity index (χ1v) is 10.1. The molecule has 0 bridgehead atoms. The number of hydrogen-bond acceptors (Lipinski definition) is 5. The lowest BCUT2D eigenvalue weighted by Crippen LogP contribution is -2.36. The fraction of sp³-hybridized carbons (Fsp3) is 0.280. The van der Waals surface area contributed by atoms with Crippen LogP contribution < -0.4 is 14.8 Å². The van der Waals surface area contributed by atoms with E-state index in [9.17, 15) is 9.59 Å². The predicted molar refractivity (Wildman–Crippen MR) is 119 cm³/mol. The molecule has 0 radical (unpaired) electrons. The molecule has 162 valence electrons. The molecule has 3 rings (SSSR count). The van der Waals surface area contributed by atoms with Crippen LogP contribution in [0.1, 0.15) is 30.9 Å². The Bertz CT molecular complexity index is 1080. The van der Waals surface area contributed by atoms with Crippen molar-refractivity contribution in [2.24, 2.45) is 0 Å². The number of amides is 1. The predicted octanol–water partition coefficient (Wildman–Crippen LogP) is 4.21. The van der Waals surface area contributed by atoms with Gasteiger partial charge in [0.25, 0.3) is 5.91 Å². The van der Waals surface area contributed by atoms with Crippen molar-refractivity contribution in [3.05, 3.63) is 71.8 Å². The largest absolute Gasteiger partial charge is 0.497 e. The van der Waals surface area contributed by atoms with Crippen molar-refractivity contribution in [2.75, 3.05) is 14.2 Å². The number of fused-ring (bicyclic) bond motifs is 1. The number of rotatable bonds is 8. The minimum absolute atomic E-state index is 0.286. The molecule has 0 aliphatic rings. The molecule has 0 fully saturated rings. The van der Waals surface area contributed by atoms with Crippen molar-refractivity contribution >= 4 is 22.6 Å². The monoisotopic (exact) mass is 421 g/mol. The molecule has 1 N–H and O–H groups in total. The van der Waals surface area contributed by atoms with Crippen LogP contribution in [0.5, 0.6) is 11.5 Å². The number of carbonyl (C=O) groups excluding carboxylic acids is 2. The molecule has 0 aliphatic carbocycles. The van der Waals surface area contributed by atoms with Gasteiger partial charge in [-0.3, -0.25) is 9.59 Å². The van der Waals surface area contributed by atoms with Crippen LogP contribution in [-0.4, -0.2) is 32.2 Å². The quantitative estimate of drug-likeness (QED) is 0.552. The number of carbonyl (C=O) groups is 2. The molecule has 0 unspecified atom stereocenters. The molecule has 3 aromatic carbocycles. The summed E-state index contributed by atoms with van der Waals surface area (Å²) >= 11 is 0. The van der Waals surface area contributed by atoms with Crippen LogP contribution in [0.3, 0.4) is 0 Å². The van der Waals surface area contributed by atoms with Crippen molar-refractivity contribution in [3.8, 4) is 11.5 Å². The van der Waals surface area contributed by atoms with Crippen LogP contribution in [-0.2, 0) is 20.9 Å². The van der Waals surface area contributed by atoms with Crippen LogP contribution in [0.25, 0.3) is 10.8 Å².